The fraction of sp³-hybridized carbons (Fsp3) is 0.389. The van der Waals surface area contributed by atoms with E-state index in [2.05, 4.69) is 16.9 Å². The molecule has 1 aromatic carbocycles. The Labute approximate surface area is 175 Å². The molecule has 2 heterocycles. The molecule has 6 nitrogen and oxygen atoms in total. The van der Waals surface area contributed by atoms with Gasteiger partial charge in [-0.3, -0.25) is 9.69 Å². The predicted octanol–water partition coefficient (Wildman–Crippen LogP) is -1.53. The fourth-order valence-electron chi connectivity index (χ4n) is 2.91. The molecule has 3 rings (SSSR count). The Balaban J connectivity index is 0.00000261. The second-order valence-corrected chi connectivity index (χ2v) is 7.52. The van der Waals surface area contributed by atoms with Gasteiger partial charge in [-0.1, -0.05) is 29.8 Å². The largest absolute Gasteiger partial charge is 1.00 e. The van der Waals surface area contributed by atoms with Crippen LogP contribution < -0.4 is 27.1 Å². The summed E-state index contributed by atoms with van der Waals surface area (Å²) in [5.41, 5.74) is 0.591. The van der Waals surface area contributed by atoms with E-state index in [1.54, 1.807) is 19.2 Å². The highest BCUT2D eigenvalue weighted by molar-refractivity contribution is 7.98. The number of nitrogens with zero attached hydrogens (tertiary/aromatic N) is 4. The molecule has 0 aliphatic carbocycles. The van der Waals surface area contributed by atoms with Crippen molar-refractivity contribution < 1.29 is 22.1 Å². The maximum Gasteiger partial charge on any atom is 0.260 e. The number of piperazine rings is 1. The van der Waals surface area contributed by atoms with Crippen molar-refractivity contribution >= 4 is 41.0 Å². The number of benzene rings is 1. The summed E-state index contributed by atoms with van der Waals surface area (Å²) < 4.78 is 0. The zero-order valence-corrected chi connectivity index (χ0v) is 17.9. The lowest BCUT2D eigenvalue weighted by atomic mass is 10.2. The molecule has 0 spiro atoms. The number of amides is 1. The zero-order valence-electron chi connectivity index (χ0n) is 15.6. The van der Waals surface area contributed by atoms with Gasteiger partial charge < -0.3 is 22.2 Å². The van der Waals surface area contributed by atoms with Gasteiger partial charge in [-0.25, -0.2) is 0 Å². The van der Waals surface area contributed by atoms with Gasteiger partial charge in [0.2, 0.25) is 5.95 Å². The number of hydrogen-bond acceptors (Lipinski definition) is 5. The van der Waals surface area contributed by atoms with Crippen LogP contribution in [0, 0.1) is 0 Å². The quantitative estimate of drug-likeness (QED) is 0.473. The lowest BCUT2D eigenvalue weighted by molar-refractivity contribution is -0.880. The number of rotatable bonds is 4. The van der Waals surface area contributed by atoms with Gasteiger partial charge >= 0.3 is 0 Å². The second-order valence-electron chi connectivity index (χ2n) is 6.35. The van der Waals surface area contributed by atoms with Crippen LogP contribution >= 0.6 is 23.4 Å². The Morgan fingerprint density at radius 2 is 1.85 bits per heavy atom. The molecule has 0 unspecified atom stereocenters. The summed E-state index contributed by atoms with van der Waals surface area (Å²) >= 11 is 7.97. The summed E-state index contributed by atoms with van der Waals surface area (Å²) in [6.45, 7) is 3.90. The van der Waals surface area contributed by atoms with E-state index < -0.39 is 0 Å². The number of nitrogens with one attached hydrogen (secondary N) is 1. The van der Waals surface area contributed by atoms with Crippen LogP contribution in [0.4, 0.5) is 11.8 Å². The van der Waals surface area contributed by atoms with Gasteiger partial charge in [-0.05, 0) is 18.4 Å². The molecule has 0 saturated carbocycles. The Hall–Kier alpha value is -1.54. The summed E-state index contributed by atoms with van der Waals surface area (Å²) in [6.07, 6.45) is 1.97. The maximum atomic E-state index is 12.7. The van der Waals surface area contributed by atoms with Crippen molar-refractivity contribution in [1.82, 2.24) is 9.97 Å². The molecule has 0 atom stereocenters. The fourth-order valence-corrected chi connectivity index (χ4v) is 3.87. The highest BCUT2D eigenvalue weighted by Crippen LogP contribution is 2.34. The lowest BCUT2D eigenvalue weighted by Crippen LogP contribution is -3.12. The van der Waals surface area contributed by atoms with Crippen LogP contribution in [-0.2, 0) is 0 Å². The summed E-state index contributed by atoms with van der Waals surface area (Å²) in [5, 5.41) is 0.386. The number of likely N-dealkylation sites (N-methyl/N-ethyl adjacent to an activating group) is 1. The number of halogens is 2. The van der Waals surface area contributed by atoms with E-state index in [0.717, 1.165) is 36.9 Å². The molecule has 2 aromatic rings. The van der Waals surface area contributed by atoms with E-state index in [4.69, 9.17) is 16.6 Å². The van der Waals surface area contributed by atoms with Gasteiger partial charge in [-0.2, -0.15) is 9.97 Å². The number of anilines is 2. The van der Waals surface area contributed by atoms with Crippen LogP contribution in [0.5, 0.6) is 0 Å². The zero-order chi connectivity index (χ0) is 18.7. The number of hydrogen-bond donors (Lipinski definition) is 1. The molecule has 1 fully saturated rings. The average Bonchev–Trinajstić information content (AvgIpc) is 2.67. The van der Waals surface area contributed by atoms with Crippen molar-refractivity contribution in [1.29, 1.82) is 0 Å². The number of carbonyl (C=O) groups is 1. The van der Waals surface area contributed by atoms with Gasteiger partial charge in [0.1, 0.15) is 11.0 Å². The molecule has 1 amide bonds. The summed E-state index contributed by atoms with van der Waals surface area (Å²) in [7, 11) is 3.87. The van der Waals surface area contributed by atoms with Crippen molar-refractivity contribution in [3.63, 3.8) is 0 Å². The molecule has 0 radical (unpaired) electrons. The van der Waals surface area contributed by atoms with E-state index in [1.165, 1.54) is 21.6 Å². The van der Waals surface area contributed by atoms with Crippen LogP contribution in [-0.4, -0.2) is 62.4 Å². The van der Waals surface area contributed by atoms with Crippen LogP contribution in [0.15, 0.2) is 35.2 Å². The van der Waals surface area contributed by atoms with Gasteiger partial charge in [0.25, 0.3) is 5.91 Å². The third-order valence-corrected chi connectivity index (χ3v) is 5.71. The van der Waals surface area contributed by atoms with Crippen LogP contribution in [0.3, 0.4) is 0 Å². The Bertz CT molecular complexity index is 785. The third-order valence-electron chi connectivity index (χ3n) is 4.54. The topological polar surface area (TPSA) is 53.8 Å². The van der Waals surface area contributed by atoms with E-state index >= 15 is 0 Å². The summed E-state index contributed by atoms with van der Waals surface area (Å²) in [6, 6.07) is 9.11. The smallest absolute Gasteiger partial charge is 0.260 e. The Morgan fingerprint density at radius 1 is 1.22 bits per heavy atom. The van der Waals surface area contributed by atoms with Crippen LogP contribution in [0.2, 0.25) is 5.15 Å². The number of quaternary nitrogens is 1. The first-order valence-corrected chi connectivity index (χ1v) is 10.1. The van der Waals surface area contributed by atoms with E-state index in [0.29, 0.717) is 16.7 Å². The SMILES string of the molecule is CSc1c(Cl)nc(N(C)C(=O)c2ccccc2)nc1N1CC[NH+](C)CC1.[Cl-]. The number of carbonyl (C=O) groups excluding carboxylic acids is 1. The lowest BCUT2D eigenvalue weighted by Gasteiger charge is -2.32. The van der Waals surface area contributed by atoms with Crippen LogP contribution in [0.1, 0.15) is 10.4 Å². The monoisotopic (exact) mass is 427 g/mol. The summed E-state index contributed by atoms with van der Waals surface area (Å²) in [5.74, 6) is 0.975. The van der Waals surface area contributed by atoms with Gasteiger partial charge in [0, 0.05) is 12.6 Å². The molecule has 0 bridgehead atoms. The first-order valence-electron chi connectivity index (χ1n) is 8.52. The molecular formula is C18H23Cl2N5OS. The maximum absolute atomic E-state index is 12.7. The minimum Gasteiger partial charge on any atom is -1.00 e. The van der Waals surface area contributed by atoms with Crippen molar-refractivity contribution in [3.05, 3.63) is 41.0 Å². The third kappa shape index (κ3) is 4.85. The molecule has 1 aromatic heterocycles. The minimum absolute atomic E-state index is 0. The Kier molecular flexibility index (Phi) is 7.73. The highest BCUT2D eigenvalue weighted by atomic mass is 35.5. The van der Waals surface area contributed by atoms with E-state index in [-0.39, 0.29) is 18.3 Å². The van der Waals surface area contributed by atoms with E-state index in [9.17, 15) is 4.79 Å². The first kappa shape index (κ1) is 21.8. The Morgan fingerprint density at radius 3 is 2.44 bits per heavy atom. The molecule has 1 N–H and O–H groups in total. The van der Waals surface area contributed by atoms with Crippen molar-refractivity contribution in [2.45, 2.75) is 4.90 Å². The molecule has 146 valence electrons. The second kappa shape index (κ2) is 9.59. The average molecular weight is 428 g/mol. The highest BCUT2D eigenvalue weighted by Gasteiger charge is 2.25. The normalized spacial score (nSPS) is 14.6. The molecule has 1 saturated heterocycles. The summed E-state index contributed by atoms with van der Waals surface area (Å²) in [4.78, 5) is 27.8. The molecule has 27 heavy (non-hydrogen) atoms. The van der Waals surface area contributed by atoms with Crippen molar-refractivity contribution in [2.24, 2.45) is 0 Å². The number of aromatic nitrogens is 2. The molecule has 1 aliphatic rings. The van der Waals surface area contributed by atoms with Crippen molar-refractivity contribution in [3.8, 4) is 0 Å². The van der Waals surface area contributed by atoms with Crippen molar-refractivity contribution in [2.75, 3.05) is 56.3 Å². The number of thioether (sulfide) groups is 1. The first-order chi connectivity index (χ1) is 12.5. The van der Waals surface area contributed by atoms with Gasteiger partial charge in [0.05, 0.1) is 38.1 Å². The van der Waals surface area contributed by atoms with E-state index in [1.807, 2.05) is 24.5 Å². The molecule has 1 aliphatic heterocycles. The minimum atomic E-state index is -0.160. The predicted molar refractivity (Wildman–Crippen MR) is 107 cm³/mol. The van der Waals surface area contributed by atoms with Gasteiger partial charge in [-0.15, -0.1) is 11.8 Å². The van der Waals surface area contributed by atoms with Gasteiger partial charge in [0.15, 0.2) is 0 Å². The molecule has 9 heteroatoms. The molecular weight excluding hydrogens is 405 g/mol. The van der Waals surface area contributed by atoms with Crippen LogP contribution in [0.25, 0.3) is 0 Å². The standard InChI is InChI=1S/C18H22ClN5OS.ClH/c1-22-9-11-24(12-10-22)16-14(26-3)15(19)20-18(21-16)23(2)17(25)13-7-5-4-6-8-13;/h4-8H,9-12H2,1-3H3;1H.